The fourth-order valence-corrected chi connectivity index (χ4v) is 1.68. The number of nitrogens with one attached hydrogen (secondary N) is 1. The summed E-state index contributed by atoms with van der Waals surface area (Å²) >= 11 is 0. The van der Waals surface area contributed by atoms with E-state index in [4.69, 9.17) is 9.53 Å². The van der Waals surface area contributed by atoms with E-state index in [0.29, 0.717) is 13.0 Å². The lowest BCUT2D eigenvalue weighted by Gasteiger charge is -2.16. The summed E-state index contributed by atoms with van der Waals surface area (Å²) < 4.78 is 5.68. The zero-order chi connectivity index (χ0) is 15.7. The average molecular weight is 278 g/mol. The number of primary amides is 1. The number of nitrogens with two attached hydrogens (primary N) is 1. The summed E-state index contributed by atoms with van der Waals surface area (Å²) in [6.45, 7) is 12.2. The second-order valence-corrected chi connectivity index (χ2v) is 4.46. The van der Waals surface area contributed by atoms with Gasteiger partial charge in [0.05, 0.1) is 0 Å². The van der Waals surface area contributed by atoms with Gasteiger partial charge in [-0.3, -0.25) is 9.59 Å². The minimum atomic E-state index is 0.250. The average Bonchev–Trinajstić information content (AvgIpc) is 2.38. The first-order valence-electron chi connectivity index (χ1n) is 6.12. The van der Waals surface area contributed by atoms with Crippen molar-refractivity contribution in [3.63, 3.8) is 0 Å². The van der Waals surface area contributed by atoms with Crippen LogP contribution >= 0.6 is 0 Å². The first-order valence-corrected chi connectivity index (χ1v) is 6.12. The summed E-state index contributed by atoms with van der Waals surface area (Å²) in [4.78, 5) is 19.1. The molecule has 0 spiro atoms. The van der Waals surface area contributed by atoms with E-state index in [1.165, 1.54) is 0 Å². The number of carbonyl (C=O) groups is 2. The van der Waals surface area contributed by atoms with Gasteiger partial charge < -0.3 is 15.8 Å². The van der Waals surface area contributed by atoms with Crippen LogP contribution in [0.1, 0.15) is 23.6 Å². The molecule has 0 fully saturated rings. The van der Waals surface area contributed by atoms with Gasteiger partial charge in [-0.15, -0.1) is 0 Å². The molecule has 0 saturated heterocycles. The van der Waals surface area contributed by atoms with E-state index in [1.54, 1.807) is 0 Å². The lowest BCUT2D eigenvalue weighted by atomic mass is 10.0. The topological polar surface area (TPSA) is 81.4 Å². The van der Waals surface area contributed by atoms with Crippen molar-refractivity contribution in [1.29, 1.82) is 0 Å². The molecule has 0 aliphatic carbocycles. The molecule has 1 rings (SSSR count). The molecule has 5 nitrogen and oxygen atoms in total. The van der Waals surface area contributed by atoms with Crippen molar-refractivity contribution in [1.82, 2.24) is 0 Å². The Bertz CT molecular complexity index is 496. The molecule has 3 N–H and O–H groups in total. The fourth-order valence-electron chi connectivity index (χ4n) is 1.68. The van der Waals surface area contributed by atoms with Crippen molar-refractivity contribution in [2.45, 2.75) is 27.7 Å². The van der Waals surface area contributed by atoms with Crippen molar-refractivity contribution in [2.75, 3.05) is 11.9 Å². The molecule has 20 heavy (non-hydrogen) atoms. The number of amides is 2. The van der Waals surface area contributed by atoms with Crippen LogP contribution < -0.4 is 15.8 Å². The van der Waals surface area contributed by atoms with Gasteiger partial charge in [-0.25, -0.2) is 0 Å². The number of aryl methyl sites for hydroxylation is 1. The Hall–Kier alpha value is -2.30. The van der Waals surface area contributed by atoms with Gasteiger partial charge in [-0.2, -0.15) is 0 Å². The summed E-state index contributed by atoms with van der Waals surface area (Å²) in [5.74, 6) is 0.847. The van der Waals surface area contributed by atoms with Gasteiger partial charge >= 0.3 is 0 Å². The molecule has 0 heterocycles. The Balaban J connectivity index is 0.00000110. The van der Waals surface area contributed by atoms with Gasteiger partial charge in [-0.1, -0.05) is 6.58 Å². The van der Waals surface area contributed by atoms with Crippen LogP contribution in [-0.4, -0.2) is 19.4 Å². The van der Waals surface area contributed by atoms with Crippen molar-refractivity contribution >= 4 is 18.5 Å². The van der Waals surface area contributed by atoms with Gasteiger partial charge in [0, 0.05) is 5.69 Å². The molecule has 110 valence electrons. The fraction of sp³-hybridized carbons (Fsp3) is 0.333. The van der Waals surface area contributed by atoms with Crippen LogP contribution in [0.15, 0.2) is 18.2 Å². The Labute approximate surface area is 119 Å². The van der Waals surface area contributed by atoms with Crippen molar-refractivity contribution in [3.8, 4) is 5.75 Å². The molecule has 0 unspecified atom stereocenters. The number of hydrogen-bond acceptors (Lipinski definition) is 3. The van der Waals surface area contributed by atoms with Crippen LogP contribution in [0.2, 0.25) is 0 Å². The standard InChI is InChI=1S/C14H19NO2.CH3NO/c1-9(2)7-17-13-6-10(3)14(15-8-16)12(5)11(13)4;2-1-3/h6,8H,1,7H2,2-5H3,(H,15,16);1H,(H2,2,3). The summed E-state index contributed by atoms with van der Waals surface area (Å²) in [5, 5.41) is 2.72. The van der Waals surface area contributed by atoms with E-state index in [-0.39, 0.29) is 6.41 Å². The molecule has 0 atom stereocenters. The van der Waals surface area contributed by atoms with E-state index in [1.807, 2.05) is 33.8 Å². The lowest BCUT2D eigenvalue weighted by molar-refractivity contribution is -0.107. The maximum atomic E-state index is 10.5. The highest BCUT2D eigenvalue weighted by atomic mass is 16.5. The van der Waals surface area contributed by atoms with Gasteiger partial charge in [0.15, 0.2) is 0 Å². The highest BCUT2D eigenvalue weighted by molar-refractivity contribution is 5.77. The summed E-state index contributed by atoms with van der Waals surface area (Å²) in [7, 11) is 0. The third-order valence-electron chi connectivity index (χ3n) is 2.73. The van der Waals surface area contributed by atoms with E-state index in [2.05, 4.69) is 17.6 Å². The van der Waals surface area contributed by atoms with Crippen LogP contribution in [0.3, 0.4) is 0 Å². The molecule has 0 aromatic heterocycles. The second-order valence-electron chi connectivity index (χ2n) is 4.46. The summed E-state index contributed by atoms with van der Waals surface area (Å²) in [6, 6.07) is 1.94. The van der Waals surface area contributed by atoms with Crippen molar-refractivity contribution < 1.29 is 14.3 Å². The molecule has 0 radical (unpaired) electrons. The molecule has 1 aromatic rings. The summed E-state index contributed by atoms with van der Waals surface area (Å²) in [6.07, 6.45) is 0.948. The lowest BCUT2D eigenvalue weighted by Crippen LogP contribution is -2.05. The first-order chi connectivity index (χ1) is 9.38. The van der Waals surface area contributed by atoms with E-state index in [0.717, 1.165) is 33.7 Å². The number of benzene rings is 1. The molecule has 0 aliphatic rings. The molecule has 1 aromatic carbocycles. The third kappa shape index (κ3) is 5.14. The zero-order valence-electron chi connectivity index (χ0n) is 12.4. The molecular weight excluding hydrogens is 256 g/mol. The van der Waals surface area contributed by atoms with Gasteiger partial charge in [-0.05, 0) is 56.0 Å². The van der Waals surface area contributed by atoms with Crippen molar-refractivity contribution in [3.05, 3.63) is 34.9 Å². The Kier molecular flexibility index (Phi) is 7.74. The number of ether oxygens (including phenoxy) is 1. The first kappa shape index (κ1) is 17.7. The van der Waals surface area contributed by atoms with E-state index < -0.39 is 0 Å². The SMILES string of the molecule is C=C(C)COc1cc(C)c(NC=O)c(C)c1C.NC=O. The quantitative estimate of drug-likeness (QED) is 0.640. The van der Waals surface area contributed by atoms with Crippen LogP contribution in [0.5, 0.6) is 5.75 Å². The van der Waals surface area contributed by atoms with Crippen LogP contribution in [0, 0.1) is 20.8 Å². The maximum absolute atomic E-state index is 10.5. The van der Waals surface area contributed by atoms with Crippen LogP contribution in [0.4, 0.5) is 5.69 Å². The molecule has 0 saturated carbocycles. The van der Waals surface area contributed by atoms with E-state index >= 15 is 0 Å². The second kappa shape index (κ2) is 8.74. The maximum Gasteiger partial charge on any atom is 0.211 e. The monoisotopic (exact) mass is 278 g/mol. The molecular formula is C15H22N2O3. The van der Waals surface area contributed by atoms with E-state index in [9.17, 15) is 4.79 Å². The number of anilines is 1. The summed E-state index contributed by atoms with van der Waals surface area (Å²) in [5.41, 5.74) is 9.09. The predicted molar refractivity (Wildman–Crippen MR) is 80.9 cm³/mol. The zero-order valence-corrected chi connectivity index (χ0v) is 12.4. The van der Waals surface area contributed by atoms with Gasteiger partial charge in [0.2, 0.25) is 12.8 Å². The highest BCUT2D eigenvalue weighted by Gasteiger charge is 2.10. The number of rotatable bonds is 5. The van der Waals surface area contributed by atoms with Crippen LogP contribution in [0.25, 0.3) is 0 Å². The van der Waals surface area contributed by atoms with Gasteiger partial charge in [0.1, 0.15) is 12.4 Å². The van der Waals surface area contributed by atoms with Crippen LogP contribution in [-0.2, 0) is 9.59 Å². The normalized spacial score (nSPS) is 9.00. The van der Waals surface area contributed by atoms with Crippen molar-refractivity contribution in [2.24, 2.45) is 5.73 Å². The Morgan fingerprint density at radius 3 is 2.35 bits per heavy atom. The molecule has 5 heteroatoms. The molecule has 2 amide bonds. The third-order valence-corrected chi connectivity index (χ3v) is 2.73. The number of carbonyl (C=O) groups excluding carboxylic acids is 2. The van der Waals surface area contributed by atoms with Gasteiger partial charge in [0.25, 0.3) is 0 Å². The smallest absolute Gasteiger partial charge is 0.211 e. The minimum Gasteiger partial charge on any atom is -0.489 e. The molecule has 0 bridgehead atoms. The predicted octanol–water partition coefficient (Wildman–Crippen LogP) is 2.24. The Morgan fingerprint density at radius 2 is 1.90 bits per heavy atom. The molecule has 0 aliphatic heterocycles. The number of hydrogen-bond donors (Lipinski definition) is 2. The largest absolute Gasteiger partial charge is 0.489 e. The minimum absolute atomic E-state index is 0.250. The highest BCUT2D eigenvalue weighted by Crippen LogP contribution is 2.31. The Morgan fingerprint density at radius 1 is 1.35 bits per heavy atom.